The van der Waals surface area contributed by atoms with E-state index >= 15 is 0 Å². The van der Waals surface area contributed by atoms with Gasteiger partial charge in [0.15, 0.2) is 0 Å². The highest BCUT2D eigenvalue weighted by atomic mass is 16.1. The number of likely N-dealkylation sites (tertiary alicyclic amines) is 1. The van der Waals surface area contributed by atoms with Gasteiger partial charge in [-0.05, 0) is 63.0 Å². The number of primary amides is 1. The molecule has 0 spiro atoms. The number of carbonyl (C=O) groups excluding carboxylic acids is 1. The van der Waals surface area contributed by atoms with Crippen LogP contribution in [0.4, 0.5) is 0 Å². The Labute approximate surface area is 127 Å². The van der Waals surface area contributed by atoms with Gasteiger partial charge in [-0.25, -0.2) is 0 Å². The molecule has 116 valence electrons. The zero-order valence-electron chi connectivity index (χ0n) is 13.1. The van der Waals surface area contributed by atoms with Gasteiger partial charge in [0.05, 0.1) is 0 Å². The first-order valence-electron chi connectivity index (χ1n) is 7.94. The molecular formula is C17H27N3O. The third kappa shape index (κ3) is 4.55. The lowest BCUT2D eigenvalue weighted by molar-refractivity contribution is 0.1000. The van der Waals surface area contributed by atoms with Crippen molar-refractivity contribution in [1.29, 1.82) is 0 Å². The van der Waals surface area contributed by atoms with Crippen molar-refractivity contribution in [3.05, 3.63) is 35.4 Å². The standard InChI is InChI=1S/C17H27N3O/c1-3-20-9-7-15(8-10-20)13(2)19-12-14-5-4-6-16(11-14)17(18)21/h4-6,11,13,15,19H,3,7-10,12H2,1-2H3,(H2,18,21). The molecule has 1 amide bonds. The third-order valence-electron chi connectivity index (χ3n) is 4.63. The SMILES string of the molecule is CCN1CCC(C(C)NCc2cccc(C(N)=O)c2)CC1. The number of nitrogens with two attached hydrogens (primary N) is 1. The van der Waals surface area contributed by atoms with Crippen LogP contribution in [-0.4, -0.2) is 36.5 Å². The number of nitrogens with one attached hydrogen (secondary N) is 1. The van der Waals surface area contributed by atoms with Gasteiger partial charge in [0.2, 0.25) is 5.91 Å². The van der Waals surface area contributed by atoms with Crippen molar-refractivity contribution < 1.29 is 4.79 Å². The van der Waals surface area contributed by atoms with Crippen LogP contribution in [0.2, 0.25) is 0 Å². The molecule has 1 aromatic rings. The highest BCUT2D eigenvalue weighted by molar-refractivity contribution is 5.92. The zero-order valence-corrected chi connectivity index (χ0v) is 13.1. The summed E-state index contributed by atoms with van der Waals surface area (Å²) in [7, 11) is 0. The van der Waals surface area contributed by atoms with Gasteiger partial charge in [-0.3, -0.25) is 4.79 Å². The predicted molar refractivity (Wildman–Crippen MR) is 86.1 cm³/mol. The first-order chi connectivity index (χ1) is 10.1. The minimum absolute atomic E-state index is 0.364. The van der Waals surface area contributed by atoms with Crippen LogP contribution in [0.3, 0.4) is 0 Å². The van der Waals surface area contributed by atoms with Crippen LogP contribution in [0.15, 0.2) is 24.3 Å². The number of carbonyl (C=O) groups is 1. The molecule has 3 N–H and O–H groups in total. The van der Waals surface area contributed by atoms with Crippen molar-refractivity contribution in [2.75, 3.05) is 19.6 Å². The van der Waals surface area contributed by atoms with Gasteiger partial charge in [-0.15, -0.1) is 0 Å². The lowest BCUT2D eigenvalue weighted by atomic mass is 9.90. The lowest BCUT2D eigenvalue weighted by Crippen LogP contribution is -2.41. The van der Waals surface area contributed by atoms with Gasteiger partial charge >= 0.3 is 0 Å². The summed E-state index contributed by atoms with van der Waals surface area (Å²) in [4.78, 5) is 13.7. The van der Waals surface area contributed by atoms with Crippen LogP contribution in [0.5, 0.6) is 0 Å². The Kier molecular flexibility index (Phi) is 5.76. The summed E-state index contributed by atoms with van der Waals surface area (Å²) < 4.78 is 0. The Bertz CT molecular complexity index is 467. The van der Waals surface area contributed by atoms with E-state index in [9.17, 15) is 4.79 Å². The largest absolute Gasteiger partial charge is 0.366 e. The minimum Gasteiger partial charge on any atom is -0.366 e. The summed E-state index contributed by atoms with van der Waals surface area (Å²) in [6, 6.07) is 8.06. The van der Waals surface area contributed by atoms with E-state index in [0.717, 1.165) is 24.6 Å². The number of hydrogen-bond acceptors (Lipinski definition) is 3. The van der Waals surface area contributed by atoms with Crippen LogP contribution >= 0.6 is 0 Å². The molecule has 0 bridgehead atoms. The maximum absolute atomic E-state index is 11.2. The van der Waals surface area contributed by atoms with Crippen LogP contribution in [0.25, 0.3) is 0 Å². The van der Waals surface area contributed by atoms with Crippen LogP contribution in [-0.2, 0) is 6.54 Å². The molecule has 1 saturated heterocycles. The molecule has 1 fully saturated rings. The van der Waals surface area contributed by atoms with Gasteiger partial charge in [0, 0.05) is 18.2 Å². The highest BCUT2D eigenvalue weighted by Crippen LogP contribution is 2.20. The molecule has 0 aromatic heterocycles. The first-order valence-corrected chi connectivity index (χ1v) is 7.94. The van der Waals surface area contributed by atoms with E-state index < -0.39 is 0 Å². The Morgan fingerprint density at radius 1 is 1.43 bits per heavy atom. The molecule has 4 heteroatoms. The summed E-state index contributed by atoms with van der Waals surface area (Å²) in [5.74, 6) is 0.379. The predicted octanol–water partition coefficient (Wildman–Crippen LogP) is 2.00. The van der Waals surface area contributed by atoms with Crippen LogP contribution in [0.1, 0.15) is 42.6 Å². The Morgan fingerprint density at radius 2 is 2.14 bits per heavy atom. The number of piperidine rings is 1. The average molecular weight is 289 g/mol. The number of benzene rings is 1. The molecule has 21 heavy (non-hydrogen) atoms. The normalized spacial score (nSPS) is 18.6. The molecule has 1 unspecified atom stereocenters. The van der Waals surface area contributed by atoms with Gasteiger partial charge in [0.25, 0.3) is 0 Å². The van der Waals surface area contributed by atoms with Gasteiger partial charge < -0.3 is 16.0 Å². The first kappa shape index (κ1) is 16.0. The van der Waals surface area contributed by atoms with Crippen molar-refractivity contribution in [3.8, 4) is 0 Å². The fourth-order valence-electron chi connectivity index (χ4n) is 3.05. The van der Waals surface area contributed by atoms with E-state index in [2.05, 4.69) is 24.1 Å². The van der Waals surface area contributed by atoms with E-state index in [1.165, 1.54) is 25.9 Å². The number of nitrogens with zero attached hydrogens (tertiary/aromatic N) is 1. The Morgan fingerprint density at radius 3 is 2.76 bits per heavy atom. The molecule has 1 atom stereocenters. The van der Waals surface area contributed by atoms with Crippen LogP contribution < -0.4 is 11.1 Å². The van der Waals surface area contributed by atoms with Crippen molar-refractivity contribution in [3.63, 3.8) is 0 Å². The van der Waals surface area contributed by atoms with E-state index in [4.69, 9.17) is 5.73 Å². The van der Waals surface area contributed by atoms with Crippen molar-refractivity contribution >= 4 is 5.91 Å². The Hall–Kier alpha value is -1.39. The van der Waals surface area contributed by atoms with E-state index in [1.807, 2.05) is 18.2 Å². The second kappa shape index (κ2) is 7.57. The fraction of sp³-hybridized carbons (Fsp3) is 0.588. The third-order valence-corrected chi connectivity index (χ3v) is 4.63. The molecule has 4 nitrogen and oxygen atoms in total. The number of hydrogen-bond donors (Lipinski definition) is 2. The average Bonchev–Trinajstić information content (AvgIpc) is 2.53. The second-order valence-corrected chi connectivity index (χ2v) is 6.01. The summed E-state index contributed by atoms with van der Waals surface area (Å²) in [6.07, 6.45) is 2.53. The molecule has 1 aliphatic rings. The molecule has 2 rings (SSSR count). The van der Waals surface area contributed by atoms with E-state index in [1.54, 1.807) is 6.07 Å². The van der Waals surface area contributed by atoms with Gasteiger partial charge in [-0.1, -0.05) is 19.1 Å². The monoisotopic (exact) mass is 289 g/mol. The smallest absolute Gasteiger partial charge is 0.248 e. The molecule has 0 aliphatic carbocycles. The fourth-order valence-corrected chi connectivity index (χ4v) is 3.05. The maximum Gasteiger partial charge on any atom is 0.248 e. The van der Waals surface area contributed by atoms with Crippen LogP contribution in [0, 0.1) is 5.92 Å². The van der Waals surface area contributed by atoms with E-state index in [0.29, 0.717) is 11.6 Å². The molecular weight excluding hydrogens is 262 g/mol. The molecule has 0 radical (unpaired) electrons. The summed E-state index contributed by atoms with van der Waals surface area (Å²) in [5.41, 5.74) is 7.01. The number of rotatable bonds is 6. The Balaban J connectivity index is 1.82. The molecule has 0 saturated carbocycles. The molecule has 1 heterocycles. The second-order valence-electron chi connectivity index (χ2n) is 6.01. The zero-order chi connectivity index (χ0) is 15.2. The number of amides is 1. The molecule has 1 aromatic carbocycles. The van der Waals surface area contributed by atoms with Gasteiger partial charge in [0.1, 0.15) is 0 Å². The maximum atomic E-state index is 11.2. The minimum atomic E-state index is -0.364. The van der Waals surface area contributed by atoms with Crippen molar-refractivity contribution in [2.45, 2.75) is 39.3 Å². The quantitative estimate of drug-likeness (QED) is 0.842. The summed E-state index contributed by atoms with van der Waals surface area (Å²) in [5, 5.41) is 3.60. The highest BCUT2D eigenvalue weighted by Gasteiger charge is 2.22. The van der Waals surface area contributed by atoms with Gasteiger partial charge in [-0.2, -0.15) is 0 Å². The topological polar surface area (TPSA) is 58.4 Å². The summed E-state index contributed by atoms with van der Waals surface area (Å²) >= 11 is 0. The lowest BCUT2D eigenvalue weighted by Gasteiger charge is -2.34. The summed E-state index contributed by atoms with van der Waals surface area (Å²) in [6.45, 7) is 8.87. The van der Waals surface area contributed by atoms with Crippen molar-refractivity contribution in [1.82, 2.24) is 10.2 Å². The van der Waals surface area contributed by atoms with Crippen molar-refractivity contribution in [2.24, 2.45) is 11.7 Å². The van der Waals surface area contributed by atoms with E-state index in [-0.39, 0.29) is 5.91 Å². The molecule has 1 aliphatic heterocycles.